The molecule has 3 atom stereocenters. The van der Waals surface area contributed by atoms with Crippen molar-refractivity contribution in [3.63, 3.8) is 0 Å². The zero-order valence-electron chi connectivity index (χ0n) is 18.5. The average Bonchev–Trinajstić information content (AvgIpc) is 3.41. The summed E-state index contributed by atoms with van der Waals surface area (Å²) in [6.07, 6.45) is 2.28. The Hall–Kier alpha value is -3.16. The van der Waals surface area contributed by atoms with Crippen LogP contribution in [0.15, 0.2) is 54.6 Å². The van der Waals surface area contributed by atoms with Gasteiger partial charge in [0.1, 0.15) is 5.69 Å². The highest BCUT2D eigenvalue weighted by Crippen LogP contribution is 2.27. The second kappa shape index (κ2) is 9.54. The van der Waals surface area contributed by atoms with Crippen LogP contribution >= 0.6 is 0 Å². The first kappa shape index (κ1) is 22.0. The number of aromatic nitrogens is 2. The lowest BCUT2D eigenvalue weighted by molar-refractivity contribution is 0.0782. The standard InChI is InChI=1S/C25H30N4O3/c1-16-23(30)22(28-27-16)15-29(2)25(32)19-10-8-17(9-11-19)14-20-12-13-21(26-20)24(31)18-6-4-3-5-7-18/h3-11,20-21,24,26,30-31H,12-15H2,1-2H3,(H,27,28)/t20-,21+,24+/m0/s1. The van der Waals surface area contributed by atoms with Crippen molar-refractivity contribution < 1.29 is 15.0 Å². The molecular weight excluding hydrogens is 404 g/mol. The highest BCUT2D eigenvalue weighted by molar-refractivity contribution is 5.94. The van der Waals surface area contributed by atoms with Crippen LogP contribution in [-0.4, -0.2) is 50.3 Å². The molecule has 0 spiro atoms. The SMILES string of the molecule is Cc1[nH]nc(CN(C)C(=O)c2ccc(C[C@@H]3CC[C@H]([C@H](O)c4ccccc4)N3)cc2)c1O. The molecule has 0 saturated carbocycles. The number of hydrogen-bond donors (Lipinski definition) is 4. The van der Waals surface area contributed by atoms with Crippen LogP contribution < -0.4 is 5.32 Å². The van der Waals surface area contributed by atoms with E-state index in [1.807, 2.05) is 54.6 Å². The summed E-state index contributed by atoms with van der Waals surface area (Å²) in [7, 11) is 1.69. The Balaban J connectivity index is 1.32. The van der Waals surface area contributed by atoms with E-state index in [-0.39, 0.29) is 24.2 Å². The second-order valence-corrected chi connectivity index (χ2v) is 8.61. The minimum Gasteiger partial charge on any atom is -0.504 e. The number of carbonyl (C=O) groups is 1. The molecule has 1 aliphatic rings. The number of aromatic amines is 1. The van der Waals surface area contributed by atoms with Crippen LogP contribution in [0.5, 0.6) is 5.75 Å². The Labute approximate surface area is 188 Å². The predicted octanol–water partition coefficient (Wildman–Crippen LogP) is 3.09. The average molecular weight is 435 g/mol. The minimum atomic E-state index is -0.505. The smallest absolute Gasteiger partial charge is 0.253 e. The van der Waals surface area contributed by atoms with Crippen LogP contribution in [0.1, 0.15) is 51.8 Å². The summed E-state index contributed by atoms with van der Waals surface area (Å²) >= 11 is 0. The maximum atomic E-state index is 12.7. The van der Waals surface area contributed by atoms with Gasteiger partial charge in [0.2, 0.25) is 0 Å². The fourth-order valence-electron chi connectivity index (χ4n) is 4.31. The fraction of sp³-hybridized carbons (Fsp3) is 0.360. The first-order valence-electron chi connectivity index (χ1n) is 11.0. The van der Waals surface area contributed by atoms with Gasteiger partial charge in [-0.1, -0.05) is 42.5 Å². The second-order valence-electron chi connectivity index (χ2n) is 8.61. The minimum absolute atomic E-state index is 0.0546. The highest BCUT2D eigenvalue weighted by Gasteiger charge is 2.29. The predicted molar refractivity (Wildman–Crippen MR) is 122 cm³/mol. The van der Waals surface area contributed by atoms with Gasteiger partial charge in [0.25, 0.3) is 5.91 Å². The third-order valence-corrected chi connectivity index (χ3v) is 6.20. The van der Waals surface area contributed by atoms with Crippen molar-refractivity contribution >= 4 is 5.91 Å². The third kappa shape index (κ3) is 4.84. The lowest BCUT2D eigenvalue weighted by atomic mass is 10.0. The number of aryl methyl sites for hydroxylation is 1. The maximum absolute atomic E-state index is 12.7. The van der Waals surface area contributed by atoms with Crippen LogP contribution in [0.2, 0.25) is 0 Å². The van der Waals surface area contributed by atoms with Crippen molar-refractivity contribution in [2.75, 3.05) is 7.05 Å². The van der Waals surface area contributed by atoms with Gasteiger partial charge < -0.3 is 20.4 Å². The highest BCUT2D eigenvalue weighted by atomic mass is 16.3. The molecule has 32 heavy (non-hydrogen) atoms. The number of nitrogens with one attached hydrogen (secondary N) is 2. The van der Waals surface area contributed by atoms with E-state index in [1.54, 1.807) is 18.9 Å². The molecule has 0 unspecified atom stereocenters. The lowest BCUT2D eigenvalue weighted by Gasteiger charge is -2.20. The molecular formula is C25H30N4O3. The molecule has 0 aliphatic carbocycles. The summed E-state index contributed by atoms with van der Waals surface area (Å²) in [5, 5.41) is 31.0. The van der Waals surface area contributed by atoms with Gasteiger partial charge in [-0.25, -0.2) is 0 Å². The molecule has 1 aliphatic heterocycles. The molecule has 4 rings (SSSR count). The van der Waals surface area contributed by atoms with Crippen LogP contribution in [0, 0.1) is 6.92 Å². The van der Waals surface area contributed by atoms with Gasteiger partial charge in [-0.05, 0) is 49.4 Å². The Morgan fingerprint density at radius 2 is 1.88 bits per heavy atom. The summed E-state index contributed by atoms with van der Waals surface area (Å²) in [5.41, 5.74) is 3.73. The largest absolute Gasteiger partial charge is 0.504 e. The van der Waals surface area contributed by atoms with Gasteiger partial charge in [-0.15, -0.1) is 0 Å². The molecule has 1 amide bonds. The van der Waals surface area contributed by atoms with E-state index in [0.717, 1.165) is 30.4 Å². The lowest BCUT2D eigenvalue weighted by Crippen LogP contribution is -2.35. The molecule has 2 aromatic carbocycles. The van der Waals surface area contributed by atoms with Crippen LogP contribution in [0.3, 0.4) is 0 Å². The first-order valence-corrected chi connectivity index (χ1v) is 11.0. The summed E-state index contributed by atoms with van der Waals surface area (Å²) in [4.78, 5) is 14.3. The zero-order chi connectivity index (χ0) is 22.7. The van der Waals surface area contributed by atoms with Gasteiger partial charge in [0.15, 0.2) is 5.75 Å². The monoisotopic (exact) mass is 434 g/mol. The molecule has 4 N–H and O–H groups in total. The van der Waals surface area contributed by atoms with E-state index >= 15 is 0 Å². The number of H-pyrrole nitrogens is 1. The molecule has 1 aromatic heterocycles. The number of benzene rings is 2. The Morgan fingerprint density at radius 3 is 2.53 bits per heavy atom. The van der Waals surface area contributed by atoms with Crippen molar-refractivity contribution in [1.29, 1.82) is 0 Å². The molecule has 7 heteroatoms. The van der Waals surface area contributed by atoms with Crippen molar-refractivity contribution in [3.8, 4) is 5.75 Å². The number of aromatic hydroxyl groups is 1. The van der Waals surface area contributed by atoms with E-state index < -0.39 is 6.10 Å². The zero-order valence-corrected chi connectivity index (χ0v) is 18.5. The van der Waals surface area contributed by atoms with E-state index in [9.17, 15) is 15.0 Å². The van der Waals surface area contributed by atoms with Gasteiger partial charge in [0, 0.05) is 24.7 Å². The van der Waals surface area contributed by atoms with E-state index in [0.29, 0.717) is 23.0 Å². The summed E-state index contributed by atoms with van der Waals surface area (Å²) < 4.78 is 0. The summed E-state index contributed by atoms with van der Waals surface area (Å²) in [6.45, 7) is 1.96. The molecule has 168 valence electrons. The number of carbonyl (C=O) groups excluding carboxylic acids is 1. The van der Waals surface area contributed by atoms with Crippen LogP contribution in [0.25, 0.3) is 0 Å². The number of amides is 1. The quantitative estimate of drug-likeness (QED) is 0.458. The van der Waals surface area contributed by atoms with Crippen LogP contribution in [0.4, 0.5) is 0 Å². The molecule has 1 fully saturated rings. The molecule has 7 nitrogen and oxygen atoms in total. The van der Waals surface area contributed by atoms with Crippen molar-refractivity contribution in [1.82, 2.24) is 20.4 Å². The molecule has 3 aromatic rings. The number of hydrogen-bond acceptors (Lipinski definition) is 5. The van der Waals surface area contributed by atoms with Gasteiger partial charge in [-0.2, -0.15) is 5.10 Å². The molecule has 0 bridgehead atoms. The number of rotatable bonds is 7. The topological polar surface area (TPSA) is 101 Å². The first-order chi connectivity index (χ1) is 15.4. The Morgan fingerprint density at radius 1 is 1.16 bits per heavy atom. The van der Waals surface area contributed by atoms with E-state index in [2.05, 4.69) is 15.5 Å². The number of aliphatic hydroxyl groups is 1. The number of aliphatic hydroxyl groups excluding tert-OH is 1. The molecule has 0 radical (unpaired) electrons. The fourth-order valence-corrected chi connectivity index (χ4v) is 4.31. The normalized spacial score (nSPS) is 19.1. The van der Waals surface area contributed by atoms with E-state index in [4.69, 9.17) is 0 Å². The van der Waals surface area contributed by atoms with Gasteiger partial charge >= 0.3 is 0 Å². The van der Waals surface area contributed by atoms with E-state index in [1.165, 1.54) is 0 Å². The van der Waals surface area contributed by atoms with Crippen molar-refractivity contribution in [3.05, 3.63) is 82.7 Å². The Bertz CT molecular complexity index is 1050. The summed E-state index contributed by atoms with van der Waals surface area (Å²) in [6, 6.07) is 17.8. The molecule has 1 saturated heterocycles. The van der Waals surface area contributed by atoms with Crippen molar-refractivity contribution in [2.24, 2.45) is 0 Å². The van der Waals surface area contributed by atoms with Crippen molar-refractivity contribution in [2.45, 2.75) is 50.9 Å². The molecule has 2 heterocycles. The van der Waals surface area contributed by atoms with Gasteiger partial charge in [0.05, 0.1) is 18.3 Å². The maximum Gasteiger partial charge on any atom is 0.253 e. The number of nitrogens with zero attached hydrogens (tertiary/aromatic N) is 2. The van der Waals surface area contributed by atoms with Crippen LogP contribution in [-0.2, 0) is 13.0 Å². The van der Waals surface area contributed by atoms with Gasteiger partial charge in [-0.3, -0.25) is 9.89 Å². The summed E-state index contributed by atoms with van der Waals surface area (Å²) in [5.74, 6) is -0.0265. The third-order valence-electron chi connectivity index (χ3n) is 6.20. The Kier molecular flexibility index (Phi) is 6.58.